The molecule has 0 atom stereocenters. The summed E-state index contributed by atoms with van der Waals surface area (Å²) < 4.78 is 6.07. The highest BCUT2D eigenvalue weighted by molar-refractivity contribution is 9.10. The Morgan fingerprint density at radius 2 is 2.21 bits per heavy atom. The van der Waals surface area contributed by atoms with Gasteiger partial charge in [0.1, 0.15) is 0 Å². The summed E-state index contributed by atoms with van der Waals surface area (Å²) in [5, 5.41) is 0. The fraction of sp³-hybridized carbons (Fsp3) is 0.571. The number of nitrogens with zero attached hydrogens (tertiary/aromatic N) is 2. The number of ether oxygens (including phenoxy) is 1. The molecule has 1 saturated heterocycles. The van der Waals surface area contributed by atoms with Crippen LogP contribution in [0.25, 0.3) is 0 Å². The number of hydrogen-bond acceptors (Lipinski definition) is 4. The van der Waals surface area contributed by atoms with E-state index in [0.29, 0.717) is 6.61 Å². The van der Waals surface area contributed by atoms with Crippen LogP contribution in [0.3, 0.4) is 0 Å². The van der Waals surface area contributed by atoms with Crippen molar-refractivity contribution in [3.8, 4) is 0 Å². The van der Waals surface area contributed by atoms with E-state index in [2.05, 4.69) is 25.8 Å². The maximum atomic E-state index is 11.6. The largest absolute Gasteiger partial charge is 0.466 e. The molecule has 0 bridgehead atoms. The first kappa shape index (κ1) is 14.5. The quantitative estimate of drug-likeness (QED) is 0.798. The van der Waals surface area contributed by atoms with Crippen LogP contribution in [-0.2, 0) is 16.1 Å². The molecule has 1 aromatic rings. The number of carbonyl (C=O) groups excluding carboxylic acids is 1. The average Bonchev–Trinajstić information content (AvgIpc) is 2.42. The fourth-order valence-electron chi connectivity index (χ4n) is 2.32. The van der Waals surface area contributed by atoms with Crippen molar-refractivity contribution < 1.29 is 9.53 Å². The van der Waals surface area contributed by atoms with E-state index in [1.54, 1.807) is 0 Å². The summed E-state index contributed by atoms with van der Waals surface area (Å²) in [5.41, 5.74) is 1.07. The van der Waals surface area contributed by atoms with Crippen molar-refractivity contribution >= 4 is 21.9 Å². The Morgan fingerprint density at radius 3 is 2.79 bits per heavy atom. The molecule has 1 fully saturated rings. The van der Waals surface area contributed by atoms with Gasteiger partial charge in [0.05, 0.1) is 18.2 Å². The molecule has 4 nitrogen and oxygen atoms in total. The Bertz CT molecular complexity index is 414. The second kappa shape index (κ2) is 7.01. The van der Waals surface area contributed by atoms with Crippen LogP contribution in [0.5, 0.6) is 0 Å². The second-order valence-corrected chi connectivity index (χ2v) is 5.69. The lowest BCUT2D eigenvalue weighted by Crippen LogP contribution is -2.36. The first-order chi connectivity index (χ1) is 9.19. The minimum absolute atomic E-state index is 0.0380. The Kier molecular flexibility index (Phi) is 5.34. The number of likely N-dealkylation sites (tertiary alicyclic amines) is 1. The number of esters is 1. The zero-order valence-electron chi connectivity index (χ0n) is 11.1. The molecule has 1 aliphatic rings. The molecule has 104 valence electrons. The van der Waals surface area contributed by atoms with Gasteiger partial charge in [-0.25, -0.2) is 0 Å². The number of hydrogen-bond donors (Lipinski definition) is 0. The predicted octanol–water partition coefficient (Wildman–Crippen LogP) is 2.62. The van der Waals surface area contributed by atoms with Crippen molar-refractivity contribution in [3.63, 3.8) is 0 Å². The lowest BCUT2D eigenvalue weighted by atomic mass is 9.97. The van der Waals surface area contributed by atoms with Gasteiger partial charge in [-0.05, 0) is 60.9 Å². The van der Waals surface area contributed by atoms with E-state index < -0.39 is 0 Å². The van der Waals surface area contributed by atoms with E-state index in [4.69, 9.17) is 4.74 Å². The van der Waals surface area contributed by atoms with Gasteiger partial charge in [-0.3, -0.25) is 14.7 Å². The van der Waals surface area contributed by atoms with Crippen LogP contribution in [0, 0.1) is 5.92 Å². The summed E-state index contributed by atoms with van der Waals surface area (Å²) in [6, 6.07) is 4.04. The molecule has 0 aliphatic carbocycles. The van der Waals surface area contributed by atoms with E-state index >= 15 is 0 Å². The Labute approximate surface area is 122 Å². The summed E-state index contributed by atoms with van der Waals surface area (Å²) in [5.74, 6) is 0.0398. The molecule has 19 heavy (non-hydrogen) atoms. The molecule has 0 N–H and O–H groups in total. The van der Waals surface area contributed by atoms with E-state index in [1.807, 2.05) is 25.3 Å². The van der Waals surface area contributed by atoms with Crippen LogP contribution >= 0.6 is 15.9 Å². The topological polar surface area (TPSA) is 42.4 Å². The molecule has 5 heteroatoms. The number of piperidine rings is 1. The van der Waals surface area contributed by atoms with Crippen LogP contribution in [-0.4, -0.2) is 35.5 Å². The molecule has 0 spiro atoms. The van der Waals surface area contributed by atoms with Gasteiger partial charge in [0, 0.05) is 17.2 Å². The van der Waals surface area contributed by atoms with Crippen molar-refractivity contribution in [3.05, 3.63) is 28.5 Å². The third-order valence-corrected chi connectivity index (χ3v) is 3.85. The second-order valence-electron chi connectivity index (χ2n) is 4.77. The summed E-state index contributed by atoms with van der Waals surface area (Å²) in [6.07, 6.45) is 3.59. The minimum atomic E-state index is -0.0380. The highest BCUT2D eigenvalue weighted by atomic mass is 79.9. The highest BCUT2D eigenvalue weighted by Crippen LogP contribution is 2.20. The number of pyridine rings is 1. The van der Waals surface area contributed by atoms with Crippen LogP contribution in [0.4, 0.5) is 0 Å². The van der Waals surface area contributed by atoms with Gasteiger partial charge in [-0.2, -0.15) is 0 Å². The van der Waals surface area contributed by atoms with Gasteiger partial charge in [-0.15, -0.1) is 0 Å². The van der Waals surface area contributed by atoms with Gasteiger partial charge in [-0.1, -0.05) is 0 Å². The Hall–Kier alpha value is -0.940. The number of halogens is 1. The van der Waals surface area contributed by atoms with Crippen LogP contribution in [0.15, 0.2) is 22.8 Å². The average molecular weight is 327 g/mol. The molecule has 2 heterocycles. The molecular weight excluding hydrogens is 308 g/mol. The van der Waals surface area contributed by atoms with Crippen molar-refractivity contribution in [2.75, 3.05) is 19.7 Å². The number of carbonyl (C=O) groups is 1. The molecular formula is C14H19BrN2O2. The first-order valence-electron chi connectivity index (χ1n) is 6.68. The van der Waals surface area contributed by atoms with Crippen molar-refractivity contribution in [1.29, 1.82) is 0 Å². The summed E-state index contributed by atoms with van der Waals surface area (Å²) in [4.78, 5) is 18.4. The summed E-state index contributed by atoms with van der Waals surface area (Å²) in [6.45, 7) is 5.04. The maximum absolute atomic E-state index is 11.6. The molecule has 1 aromatic heterocycles. The van der Waals surface area contributed by atoms with E-state index in [0.717, 1.165) is 42.6 Å². The monoisotopic (exact) mass is 326 g/mol. The molecule has 0 unspecified atom stereocenters. The Morgan fingerprint density at radius 1 is 1.47 bits per heavy atom. The molecule has 2 rings (SSSR count). The highest BCUT2D eigenvalue weighted by Gasteiger charge is 2.25. The minimum Gasteiger partial charge on any atom is -0.466 e. The molecule has 0 amide bonds. The third kappa shape index (κ3) is 4.28. The first-order valence-corrected chi connectivity index (χ1v) is 7.47. The van der Waals surface area contributed by atoms with Crippen LogP contribution in [0.2, 0.25) is 0 Å². The van der Waals surface area contributed by atoms with E-state index in [9.17, 15) is 4.79 Å². The van der Waals surface area contributed by atoms with Crippen molar-refractivity contribution in [2.24, 2.45) is 5.92 Å². The zero-order valence-corrected chi connectivity index (χ0v) is 12.7. The fourth-order valence-corrected chi connectivity index (χ4v) is 2.55. The number of aromatic nitrogens is 1. The van der Waals surface area contributed by atoms with Gasteiger partial charge in [0.15, 0.2) is 0 Å². The third-order valence-electron chi connectivity index (χ3n) is 3.38. The normalized spacial score (nSPS) is 17.4. The Balaban J connectivity index is 1.80. The van der Waals surface area contributed by atoms with Crippen molar-refractivity contribution in [1.82, 2.24) is 9.88 Å². The van der Waals surface area contributed by atoms with Crippen LogP contribution < -0.4 is 0 Å². The van der Waals surface area contributed by atoms with E-state index in [-0.39, 0.29) is 11.9 Å². The van der Waals surface area contributed by atoms with Gasteiger partial charge in [0.25, 0.3) is 0 Å². The standard InChI is InChI=1S/C14H19BrN2O2/c1-2-19-14(18)11-5-7-17(8-6-11)10-13-4-3-12(15)9-16-13/h3-4,9,11H,2,5-8,10H2,1H3. The molecule has 0 radical (unpaired) electrons. The van der Waals surface area contributed by atoms with Gasteiger partial charge < -0.3 is 4.74 Å². The lowest BCUT2D eigenvalue weighted by Gasteiger charge is -2.30. The predicted molar refractivity (Wildman–Crippen MR) is 76.6 cm³/mol. The molecule has 1 aliphatic heterocycles. The van der Waals surface area contributed by atoms with Crippen LogP contribution in [0.1, 0.15) is 25.5 Å². The van der Waals surface area contributed by atoms with Gasteiger partial charge in [0.2, 0.25) is 0 Å². The smallest absolute Gasteiger partial charge is 0.309 e. The molecule has 0 saturated carbocycles. The van der Waals surface area contributed by atoms with Gasteiger partial charge >= 0.3 is 5.97 Å². The number of rotatable bonds is 4. The summed E-state index contributed by atoms with van der Waals surface area (Å²) >= 11 is 3.38. The van der Waals surface area contributed by atoms with Crippen molar-refractivity contribution in [2.45, 2.75) is 26.3 Å². The lowest BCUT2D eigenvalue weighted by molar-refractivity contribution is -0.149. The zero-order chi connectivity index (χ0) is 13.7. The maximum Gasteiger partial charge on any atom is 0.309 e. The summed E-state index contributed by atoms with van der Waals surface area (Å²) in [7, 11) is 0. The van der Waals surface area contributed by atoms with E-state index in [1.165, 1.54) is 0 Å². The molecule has 0 aromatic carbocycles. The SMILES string of the molecule is CCOC(=O)C1CCN(Cc2ccc(Br)cn2)CC1.